The van der Waals surface area contributed by atoms with Gasteiger partial charge < -0.3 is 24.3 Å². The van der Waals surface area contributed by atoms with Crippen LogP contribution < -0.4 is 24.3 Å². The predicted molar refractivity (Wildman–Crippen MR) is 109 cm³/mol. The van der Waals surface area contributed by atoms with Gasteiger partial charge in [-0.1, -0.05) is 26.0 Å². The van der Waals surface area contributed by atoms with Crippen molar-refractivity contribution < 1.29 is 23.7 Å². The summed E-state index contributed by atoms with van der Waals surface area (Å²) in [6.45, 7) is 6.54. The van der Waals surface area contributed by atoms with Crippen LogP contribution in [0.15, 0.2) is 36.4 Å². The maximum Gasteiger partial charge on any atom is 0.251 e. The average Bonchev–Trinajstić information content (AvgIpc) is 2.71. The molecule has 0 heterocycles. The summed E-state index contributed by atoms with van der Waals surface area (Å²) in [6, 6.07) is 11.1. The molecule has 1 N–H and O–H groups in total. The van der Waals surface area contributed by atoms with Gasteiger partial charge in [-0.3, -0.25) is 4.79 Å². The zero-order chi connectivity index (χ0) is 20.7. The Kier molecular flexibility index (Phi) is 7.55. The minimum absolute atomic E-state index is 0.184. The molecular weight excluding hydrogens is 358 g/mol. The van der Waals surface area contributed by atoms with E-state index in [-0.39, 0.29) is 11.9 Å². The standard InChI is InChI=1S/C22H29NO5/c1-14(2)16-7-9-18(10-8-16)28-13-15(3)23-22(24)17-11-19(25-4)21(27-6)20(12-17)26-5/h7-12,14-15H,13H2,1-6H3,(H,23,24). The van der Waals surface area contributed by atoms with Crippen molar-refractivity contribution in [2.75, 3.05) is 27.9 Å². The van der Waals surface area contributed by atoms with E-state index in [2.05, 4.69) is 31.3 Å². The van der Waals surface area contributed by atoms with Crippen LogP contribution in [0.4, 0.5) is 0 Å². The lowest BCUT2D eigenvalue weighted by Crippen LogP contribution is -2.36. The highest BCUT2D eigenvalue weighted by Gasteiger charge is 2.18. The number of carbonyl (C=O) groups is 1. The molecule has 0 aliphatic heterocycles. The summed E-state index contributed by atoms with van der Waals surface area (Å²) >= 11 is 0. The Bertz CT molecular complexity index is 761. The number of hydrogen-bond acceptors (Lipinski definition) is 5. The Balaban J connectivity index is 2.00. The van der Waals surface area contributed by atoms with Crippen LogP contribution in [-0.2, 0) is 0 Å². The van der Waals surface area contributed by atoms with Crippen molar-refractivity contribution in [3.05, 3.63) is 47.5 Å². The third-order valence-corrected chi connectivity index (χ3v) is 4.35. The number of rotatable bonds is 9. The fourth-order valence-electron chi connectivity index (χ4n) is 2.73. The SMILES string of the molecule is COc1cc(C(=O)NC(C)COc2ccc(C(C)C)cc2)cc(OC)c1OC. The first-order valence-electron chi connectivity index (χ1n) is 9.23. The molecule has 0 radical (unpaired) electrons. The number of benzene rings is 2. The third kappa shape index (κ3) is 5.31. The quantitative estimate of drug-likeness (QED) is 0.704. The van der Waals surface area contributed by atoms with E-state index in [4.69, 9.17) is 18.9 Å². The molecule has 0 bridgehead atoms. The third-order valence-electron chi connectivity index (χ3n) is 4.35. The molecule has 0 saturated carbocycles. The molecular formula is C22H29NO5. The maximum absolute atomic E-state index is 12.6. The summed E-state index contributed by atoms with van der Waals surface area (Å²) in [5.41, 5.74) is 1.68. The average molecular weight is 387 g/mol. The smallest absolute Gasteiger partial charge is 0.251 e. The molecule has 152 valence electrons. The van der Waals surface area contributed by atoms with E-state index in [0.29, 0.717) is 35.3 Å². The van der Waals surface area contributed by atoms with Gasteiger partial charge in [0.25, 0.3) is 5.91 Å². The fourth-order valence-corrected chi connectivity index (χ4v) is 2.73. The molecule has 2 rings (SSSR count). The van der Waals surface area contributed by atoms with Crippen LogP contribution in [0.2, 0.25) is 0 Å². The molecule has 6 nitrogen and oxygen atoms in total. The molecule has 2 aromatic rings. The number of amides is 1. The van der Waals surface area contributed by atoms with E-state index >= 15 is 0 Å². The molecule has 6 heteroatoms. The van der Waals surface area contributed by atoms with Crippen molar-refractivity contribution in [3.8, 4) is 23.0 Å². The van der Waals surface area contributed by atoms with Gasteiger partial charge in [-0.2, -0.15) is 0 Å². The van der Waals surface area contributed by atoms with Crippen molar-refractivity contribution in [3.63, 3.8) is 0 Å². The molecule has 1 atom stereocenters. The summed E-state index contributed by atoms with van der Waals surface area (Å²) in [5.74, 6) is 2.32. The summed E-state index contributed by atoms with van der Waals surface area (Å²) in [6.07, 6.45) is 0. The summed E-state index contributed by atoms with van der Waals surface area (Å²) < 4.78 is 21.7. The number of carbonyl (C=O) groups excluding carboxylic acids is 1. The monoisotopic (exact) mass is 387 g/mol. The first-order valence-corrected chi connectivity index (χ1v) is 9.23. The first-order chi connectivity index (χ1) is 13.4. The molecule has 1 unspecified atom stereocenters. The molecule has 1 amide bonds. The molecule has 0 saturated heterocycles. The van der Waals surface area contributed by atoms with Crippen molar-refractivity contribution in [1.82, 2.24) is 5.32 Å². The van der Waals surface area contributed by atoms with E-state index < -0.39 is 0 Å². The van der Waals surface area contributed by atoms with Gasteiger partial charge in [0, 0.05) is 5.56 Å². The van der Waals surface area contributed by atoms with Crippen LogP contribution in [0.1, 0.15) is 42.6 Å². The predicted octanol–water partition coefficient (Wildman–Crippen LogP) is 4.03. The van der Waals surface area contributed by atoms with Gasteiger partial charge in [-0.15, -0.1) is 0 Å². The Hall–Kier alpha value is -2.89. The van der Waals surface area contributed by atoms with Crippen LogP contribution in [0, 0.1) is 0 Å². The second kappa shape index (κ2) is 9.88. The summed E-state index contributed by atoms with van der Waals surface area (Å²) in [7, 11) is 4.55. The second-order valence-corrected chi connectivity index (χ2v) is 6.82. The lowest BCUT2D eigenvalue weighted by Gasteiger charge is -2.17. The number of hydrogen-bond donors (Lipinski definition) is 1. The highest BCUT2D eigenvalue weighted by atomic mass is 16.5. The zero-order valence-corrected chi connectivity index (χ0v) is 17.4. The lowest BCUT2D eigenvalue weighted by molar-refractivity contribution is 0.0926. The normalized spacial score (nSPS) is 11.7. The number of ether oxygens (including phenoxy) is 4. The highest BCUT2D eigenvalue weighted by molar-refractivity contribution is 5.95. The van der Waals surface area contributed by atoms with Gasteiger partial charge in [-0.05, 0) is 42.7 Å². The fraction of sp³-hybridized carbons (Fsp3) is 0.409. The van der Waals surface area contributed by atoms with Crippen molar-refractivity contribution >= 4 is 5.91 Å². The van der Waals surface area contributed by atoms with Crippen LogP contribution in [0.3, 0.4) is 0 Å². The first kappa shape index (κ1) is 21.4. The Labute approximate surface area is 166 Å². The van der Waals surface area contributed by atoms with E-state index in [0.717, 1.165) is 5.75 Å². The van der Waals surface area contributed by atoms with E-state index in [1.165, 1.54) is 26.9 Å². The van der Waals surface area contributed by atoms with Gasteiger partial charge in [-0.25, -0.2) is 0 Å². The highest BCUT2D eigenvalue weighted by Crippen LogP contribution is 2.38. The Morgan fingerprint density at radius 2 is 1.50 bits per heavy atom. The van der Waals surface area contributed by atoms with E-state index in [1.807, 2.05) is 19.1 Å². The molecule has 0 aliphatic rings. The van der Waals surface area contributed by atoms with Gasteiger partial charge >= 0.3 is 0 Å². The topological polar surface area (TPSA) is 66.0 Å². The van der Waals surface area contributed by atoms with Gasteiger partial charge in [0.15, 0.2) is 11.5 Å². The summed E-state index contributed by atoms with van der Waals surface area (Å²) in [5, 5.41) is 2.92. The van der Waals surface area contributed by atoms with Crippen molar-refractivity contribution in [2.24, 2.45) is 0 Å². The molecule has 28 heavy (non-hydrogen) atoms. The van der Waals surface area contributed by atoms with E-state index in [1.54, 1.807) is 12.1 Å². The largest absolute Gasteiger partial charge is 0.493 e. The second-order valence-electron chi connectivity index (χ2n) is 6.82. The summed E-state index contributed by atoms with van der Waals surface area (Å²) in [4.78, 5) is 12.6. The minimum Gasteiger partial charge on any atom is -0.493 e. The molecule has 0 aromatic heterocycles. The molecule has 0 fully saturated rings. The van der Waals surface area contributed by atoms with Crippen LogP contribution >= 0.6 is 0 Å². The van der Waals surface area contributed by atoms with E-state index in [9.17, 15) is 4.79 Å². The van der Waals surface area contributed by atoms with Crippen LogP contribution in [-0.4, -0.2) is 39.9 Å². The molecule has 0 aliphatic carbocycles. The van der Waals surface area contributed by atoms with Crippen LogP contribution in [0.25, 0.3) is 0 Å². The van der Waals surface area contributed by atoms with Gasteiger partial charge in [0.1, 0.15) is 12.4 Å². The zero-order valence-electron chi connectivity index (χ0n) is 17.4. The number of methoxy groups -OCH3 is 3. The van der Waals surface area contributed by atoms with Gasteiger partial charge in [0.05, 0.1) is 27.4 Å². The maximum atomic E-state index is 12.6. The number of nitrogens with one attached hydrogen (secondary N) is 1. The molecule has 0 spiro atoms. The Morgan fingerprint density at radius 3 is 1.96 bits per heavy atom. The minimum atomic E-state index is -0.245. The van der Waals surface area contributed by atoms with Gasteiger partial charge in [0.2, 0.25) is 5.75 Å². The van der Waals surface area contributed by atoms with Crippen molar-refractivity contribution in [1.29, 1.82) is 0 Å². The van der Waals surface area contributed by atoms with Crippen LogP contribution in [0.5, 0.6) is 23.0 Å². The van der Waals surface area contributed by atoms with Crippen molar-refractivity contribution in [2.45, 2.75) is 32.7 Å². The lowest BCUT2D eigenvalue weighted by atomic mass is 10.0. The Morgan fingerprint density at radius 1 is 0.929 bits per heavy atom. The molecule has 2 aromatic carbocycles.